The van der Waals surface area contributed by atoms with Crippen molar-refractivity contribution in [3.05, 3.63) is 34.9 Å². The third-order valence-corrected chi connectivity index (χ3v) is 4.09. The van der Waals surface area contributed by atoms with Crippen LogP contribution in [0.4, 0.5) is 0 Å². The summed E-state index contributed by atoms with van der Waals surface area (Å²) in [5.41, 5.74) is 1.33. The molecule has 18 heavy (non-hydrogen) atoms. The SMILES string of the molecule is CCC(CC)(CO)CNCCc1ccc(Cl)cc1. The lowest BCUT2D eigenvalue weighted by molar-refractivity contribution is 0.113. The first-order valence-electron chi connectivity index (χ1n) is 6.72. The van der Waals surface area contributed by atoms with Crippen molar-refractivity contribution in [2.75, 3.05) is 19.7 Å². The number of nitrogens with one attached hydrogen (secondary N) is 1. The predicted octanol–water partition coefficient (Wildman–Crippen LogP) is 3.27. The highest BCUT2D eigenvalue weighted by Crippen LogP contribution is 2.24. The van der Waals surface area contributed by atoms with Crippen molar-refractivity contribution in [3.63, 3.8) is 0 Å². The molecule has 0 saturated heterocycles. The second kappa shape index (κ2) is 7.78. The topological polar surface area (TPSA) is 32.3 Å². The zero-order valence-electron chi connectivity index (χ0n) is 11.4. The summed E-state index contributed by atoms with van der Waals surface area (Å²) < 4.78 is 0. The third kappa shape index (κ3) is 4.60. The molecular weight excluding hydrogens is 246 g/mol. The van der Waals surface area contributed by atoms with E-state index in [0.29, 0.717) is 0 Å². The van der Waals surface area contributed by atoms with E-state index in [4.69, 9.17) is 11.6 Å². The van der Waals surface area contributed by atoms with E-state index in [2.05, 4.69) is 31.3 Å². The van der Waals surface area contributed by atoms with Crippen LogP contribution in [0.3, 0.4) is 0 Å². The van der Waals surface area contributed by atoms with Gasteiger partial charge in [-0.1, -0.05) is 37.6 Å². The Kier molecular flexibility index (Phi) is 6.69. The van der Waals surface area contributed by atoms with Gasteiger partial charge in [0.1, 0.15) is 0 Å². The summed E-state index contributed by atoms with van der Waals surface area (Å²) in [5.74, 6) is 0. The van der Waals surface area contributed by atoms with Gasteiger partial charge in [-0.2, -0.15) is 0 Å². The summed E-state index contributed by atoms with van der Waals surface area (Å²) in [6.45, 7) is 6.35. The lowest BCUT2D eigenvalue weighted by atomic mass is 9.83. The van der Waals surface area contributed by atoms with Crippen molar-refractivity contribution in [2.45, 2.75) is 33.1 Å². The van der Waals surface area contributed by atoms with Crippen molar-refractivity contribution >= 4 is 11.6 Å². The molecule has 0 atom stereocenters. The maximum absolute atomic E-state index is 9.47. The molecule has 0 fully saturated rings. The van der Waals surface area contributed by atoms with Gasteiger partial charge in [0, 0.05) is 23.6 Å². The molecule has 0 radical (unpaired) electrons. The zero-order chi connectivity index (χ0) is 13.4. The van der Waals surface area contributed by atoms with Gasteiger partial charge in [0.05, 0.1) is 0 Å². The first-order chi connectivity index (χ1) is 8.65. The quantitative estimate of drug-likeness (QED) is 0.710. The molecule has 0 aliphatic heterocycles. The van der Waals surface area contributed by atoms with Gasteiger partial charge in [-0.05, 0) is 43.5 Å². The van der Waals surface area contributed by atoms with Crippen LogP contribution in [0.1, 0.15) is 32.3 Å². The van der Waals surface area contributed by atoms with Gasteiger partial charge in [0.15, 0.2) is 0 Å². The molecule has 0 spiro atoms. The molecular formula is C15H24ClNO. The molecule has 1 rings (SSSR count). The van der Waals surface area contributed by atoms with Gasteiger partial charge in [-0.25, -0.2) is 0 Å². The Morgan fingerprint density at radius 3 is 2.28 bits per heavy atom. The summed E-state index contributed by atoms with van der Waals surface area (Å²) in [5, 5.41) is 13.7. The Balaban J connectivity index is 2.31. The van der Waals surface area contributed by atoms with Crippen molar-refractivity contribution in [1.29, 1.82) is 0 Å². The maximum atomic E-state index is 9.47. The second-order valence-electron chi connectivity index (χ2n) is 4.92. The highest BCUT2D eigenvalue weighted by Gasteiger charge is 2.24. The molecule has 0 bridgehead atoms. The predicted molar refractivity (Wildman–Crippen MR) is 78.1 cm³/mol. The van der Waals surface area contributed by atoms with Crippen molar-refractivity contribution in [1.82, 2.24) is 5.32 Å². The molecule has 0 unspecified atom stereocenters. The van der Waals surface area contributed by atoms with E-state index < -0.39 is 0 Å². The summed E-state index contributed by atoms with van der Waals surface area (Å²) >= 11 is 5.85. The maximum Gasteiger partial charge on any atom is 0.0499 e. The standard InChI is InChI=1S/C15H24ClNO/c1-3-15(4-2,12-18)11-17-10-9-13-5-7-14(16)8-6-13/h5-8,17-18H,3-4,9-12H2,1-2H3. The smallest absolute Gasteiger partial charge is 0.0499 e. The van der Waals surface area contributed by atoms with Crippen LogP contribution in [0, 0.1) is 5.41 Å². The molecule has 0 aliphatic carbocycles. The van der Waals surface area contributed by atoms with Gasteiger partial charge >= 0.3 is 0 Å². The molecule has 3 heteroatoms. The van der Waals surface area contributed by atoms with E-state index in [0.717, 1.165) is 37.4 Å². The molecule has 0 amide bonds. The number of halogens is 1. The minimum Gasteiger partial charge on any atom is -0.396 e. The number of hydrogen-bond acceptors (Lipinski definition) is 2. The molecule has 0 aliphatic rings. The van der Waals surface area contributed by atoms with Gasteiger partial charge in [0.25, 0.3) is 0 Å². The first-order valence-corrected chi connectivity index (χ1v) is 7.09. The third-order valence-electron chi connectivity index (χ3n) is 3.84. The molecule has 1 aromatic rings. The van der Waals surface area contributed by atoms with E-state index in [1.165, 1.54) is 5.56 Å². The van der Waals surface area contributed by atoms with Gasteiger partial charge in [0.2, 0.25) is 0 Å². The number of rotatable bonds is 8. The minimum atomic E-state index is 0.0417. The Morgan fingerprint density at radius 1 is 1.17 bits per heavy atom. The number of aliphatic hydroxyl groups is 1. The van der Waals surface area contributed by atoms with Crippen LogP contribution in [0.2, 0.25) is 5.02 Å². The Hall–Kier alpha value is -0.570. The normalized spacial score (nSPS) is 11.8. The zero-order valence-corrected chi connectivity index (χ0v) is 12.1. The molecule has 0 saturated carbocycles. The summed E-state index contributed by atoms with van der Waals surface area (Å²) in [4.78, 5) is 0. The largest absolute Gasteiger partial charge is 0.396 e. The fourth-order valence-electron chi connectivity index (χ4n) is 2.02. The highest BCUT2D eigenvalue weighted by molar-refractivity contribution is 6.30. The van der Waals surface area contributed by atoms with E-state index in [-0.39, 0.29) is 12.0 Å². The van der Waals surface area contributed by atoms with Crippen LogP contribution in [-0.4, -0.2) is 24.8 Å². The van der Waals surface area contributed by atoms with E-state index >= 15 is 0 Å². The van der Waals surface area contributed by atoms with Crippen LogP contribution in [-0.2, 0) is 6.42 Å². The molecule has 0 heterocycles. The second-order valence-corrected chi connectivity index (χ2v) is 5.35. The van der Waals surface area contributed by atoms with Gasteiger partial charge in [-0.3, -0.25) is 0 Å². The minimum absolute atomic E-state index is 0.0417. The van der Waals surface area contributed by atoms with Gasteiger partial charge < -0.3 is 10.4 Å². The lowest BCUT2D eigenvalue weighted by Crippen LogP contribution is -2.37. The van der Waals surface area contributed by atoms with Crippen LogP contribution in [0.5, 0.6) is 0 Å². The number of benzene rings is 1. The molecule has 2 N–H and O–H groups in total. The summed E-state index contributed by atoms with van der Waals surface area (Å²) in [6.07, 6.45) is 3.01. The highest BCUT2D eigenvalue weighted by atomic mass is 35.5. The van der Waals surface area contributed by atoms with Gasteiger partial charge in [-0.15, -0.1) is 0 Å². The van der Waals surface area contributed by atoms with Crippen molar-refractivity contribution in [3.8, 4) is 0 Å². The fourth-order valence-corrected chi connectivity index (χ4v) is 2.14. The molecule has 2 nitrogen and oxygen atoms in total. The van der Waals surface area contributed by atoms with E-state index in [1.54, 1.807) is 0 Å². The average Bonchev–Trinajstić information content (AvgIpc) is 2.42. The molecule has 0 aromatic heterocycles. The van der Waals surface area contributed by atoms with Crippen molar-refractivity contribution in [2.24, 2.45) is 5.41 Å². The van der Waals surface area contributed by atoms with Crippen molar-refractivity contribution < 1.29 is 5.11 Å². The van der Waals surface area contributed by atoms with Crippen LogP contribution < -0.4 is 5.32 Å². The van der Waals surface area contributed by atoms with Crippen LogP contribution in [0.25, 0.3) is 0 Å². The first kappa shape index (κ1) is 15.5. The Morgan fingerprint density at radius 2 is 1.78 bits per heavy atom. The van der Waals surface area contributed by atoms with E-state index in [1.807, 2.05) is 12.1 Å². The van der Waals surface area contributed by atoms with E-state index in [9.17, 15) is 5.11 Å². The Bertz CT molecular complexity index is 325. The monoisotopic (exact) mass is 269 g/mol. The summed E-state index contributed by atoms with van der Waals surface area (Å²) in [6, 6.07) is 7.96. The molecule has 1 aromatic carbocycles. The number of hydrogen-bond donors (Lipinski definition) is 2. The Labute approximate surface area is 115 Å². The van der Waals surface area contributed by atoms with Crippen LogP contribution in [0.15, 0.2) is 24.3 Å². The average molecular weight is 270 g/mol. The summed E-state index contributed by atoms with van der Waals surface area (Å²) in [7, 11) is 0. The van der Waals surface area contributed by atoms with Crippen LogP contribution >= 0.6 is 11.6 Å². The molecule has 102 valence electrons. The fraction of sp³-hybridized carbons (Fsp3) is 0.600. The lowest BCUT2D eigenvalue weighted by Gasteiger charge is -2.29. The number of aliphatic hydroxyl groups excluding tert-OH is 1.